The highest BCUT2D eigenvalue weighted by atomic mass is 35.5. The first kappa shape index (κ1) is 22.4. The summed E-state index contributed by atoms with van der Waals surface area (Å²) in [6.45, 7) is 2.20. The molecular formula is C14H11Cl2F3N4O4. The molecule has 0 spiro atoms. The Labute approximate surface area is 160 Å². The van der Waals surface area contributed by atoms with Crippen molar-refractivity contribution in [2.45, 2.75) is 20.0 Å². The number of nitrogens with one attached hydrogen (secondary N) is 1. The summed E-state index contributed by atoms with van der Waals surface area (Å²) in [5.74, 6) is -1.44. The maximum absolute atomic E-state index is 12.7. The number of nitrogens with zero attached hydrogens (tertiary/aromatic N) is 3. The molecule has 0 unspecified atom stereocenters. The number of carbonyl (C=O) groups excluding carboxylic acids is 2. The summed E-state index contributed by atoms with van der Waals surface area (Å²) in [4.78, 5) is 30.0. The van der Waals surface area contributed by atoms with Gasteiger partial charge in [0.25, 0.3) is 0 Å². The molecule has 0 saturated carbocycles. The van der Waals surface area contributed by atoms with E-state index in [1.807, 2.05) is 0 Å². The summed E-state index contributed by atoms with van der Waals surface area (Å²) >= 11 is 11.6. The summed E-state index contributed by atoms with van der Waals surface area (Å²) in [7, 11) is 0. The lowest BCUT2D eigenvalue weighted by Gasteiger charge is -2.11. The van der Waals surface area contributed by atoms with Gasteiger partial charge in [-0.05, 0) is 12.1 Å². The molecule has 0 heterocycles. The molecule has 1 aromatic rings. The number of oxime groups is 2. The summed E-state index contributed by atoms with van der Waals surface area (Å²) in [6.07, 6.45) is -2.81. The first-order valence-corrected chi connectivity index (χ1v) is 7.58. The highest BCUT2D eigenvalue weighted by molar-refractivity contribution is 6.55. The third-order valence-electron chi connectivity index (χ3n) is 2.40. The minimum Gasteiger partial charge on any atom is -0.319 e. The van der Waals surface area contributed by atoms with Gasteiger partial charge in [0.2, 0.25) is 0 Å². The number of alkyl halides is 3. The molecule has 146 valence electrons. The fraction of sp³-hybridized carbons (Fsp3) is 0.214. The molecule has 0 bridgehead atoms. The fourth-order valence-electron chi connectivity index (χ4n) is 1.36. The Morgan fingerprint density at radius 3 is 1.85 bits per heavy atom. The zero-order valence-corrected chi connectivity index (χ0v) is 15.2. The zero-order valence-electron chi connectivity index (χ0n) is 13.7. The van der Waals surface area contributed by atoms with Crippen molar-refractivity contribution in [3.8, 4) is 0 Å². The van der Waals surface area contributed by atoms with Crippen LogP contribution in [0.2, 0.25) is 10.0 Å². The van der Waals surface area contributed by atoms with Gasteiger partial charge in [-0.25, -0.2) is 9.59 Å². The molecule has 0 radical (unpaired) electrons. The highest BCUT2D eigenvalue weighted by Gasteiger charge is 2.32. The molecule has 0 amide bonds. The maximum atomic E-state index is 12.7. The van der Waals surface area contributed by atoms with Gasteiger partial charge in [-0.3, -0.25) is 5.43 Å². The third-order valence-corrected chi connectivity index (χ3v) is 2.99. The Morgan fingerprint density at radius 2 is 1.48 bits per heavy atom. The number of hydrazone groups is 1. The van der Waals surface area contributed by atoms with E-state index in [-0.39, 0.29) is 21.4 Å². The number of halogens is 5. The predicted octanol–water partition coefficient (Wildman–Crippen LogP) is 3.88. The van der Waals surface area contributed by atoms with Crippen molar-refractivity contribution in [3.63, 3.8) is 0 Å². The number of hydrogen-bond donors (Lipinski definition) is 1. The van der Waals surface area contributed by atoms with E-state index in [1.165, 1.54) is 0 Å². The minimum atomic E-state index is -4.63. The van der Waals surface area contributed by atoms with E-state index in [1.54, 1.807) is 0 Å². The lowest BCUT2D eigenvalue weighted by atomic mass is 10.2. The lowest BCUT2D eigenvalue weighted by Crippen LogP contribution is -2.09. The van der Waals surface area contributed by atoms with Gasteiger partial charge in [0, 0.05) is 13.8 Å². The second kappa shape index (κ2) is 9.88. The average Bonchev–Trinajstić information content (AvgIpc) is 2.51. The molecule has 0 aliphatic carbocycles. The number of benzene rings is 1. The molecule has 1 rings (SSSR count). The molecule has 0 aliphatic heterocycles. The largest absolute Gasteiger partial charge is 0.416 e. The summed E-state index contributed by atoms with van der Waals surface area (Å²) in [5.41, 5.74) is 1.01. The number of carbonyl (C=O) groups is 2. The van der Waals surface area contributed by atoms with E-state index in [4.69, 9.17) is 23.2 Å². The van der Waals surface area contributed by atoms with E-state index in [9.17, 15) is 22.8 Å². The number of rotatable bonds is 6. The van der Waals surface area contributed by atoms with Crippen molar-refractivity contribution >= 4 is 59.0 Å². The summed E-state index contributed by atoms with van der Waals surface area (Å²) < 4.78 is 38.2. The van der Waals surface area contributed by atoms with Crippen molar-refractivity contribution in [1.82, 2.24) is 0 Å². The monoisotopic (exact) mass is 426 g/mol. The van der Waals surface area contributed by atoms with Crippen LogP contribution in [-0.4, -0.2) is 30.1 Å². The third kappa shape index (κ3) is 8.05. The van der Waals surface area contributed by atoms with Gasteiger partial charge in [0.05, 0.1) is 33.7 Å². The molecular weight excluding hydrogens is 416 g/mol. The molecule has 27 heavy (non-hydrogen) atoms. The van der Waals surface area contributed by atoms with Crippen LogP contribution in [0.5, 0.6) is 0 Å². The number of hydrogen-bond acceptors (Lipinski definition) is 8. The van der Waals surface area contributed by atoms with E-state index >= 15 is 0 Å². The van der Waals surface area contributed by atoms with Crippen molar-refractivity contribution in [2.75, 3.05) is 5.43 Å². The van der Waals surface area contributed by atoms with Gasteiger partial charge in [-0.1, -0.05) is 33.5 Å². The molecule has 1 N–H and O–H groups in total. The maximum Gasteiger partial charge on any atom is 0.416 e. The molecule has 0 atom stereocenters. The molecule has 0 saturated heterocycles. The standard InChI is InChI=1S/C14H11Cl2F3N4O4/c1-7(24)26-20-5-10(6-21-27-8(2)25)22-23-13-11(15)3-9(4-12(13)16)14(17,18)19/h3-6,23H,1-2H3/b20-5+,21-6+. The van der Waals surface area contributed by atoms with Gasteiger partial charge < -0.3 is 9.68 Å². The minimum absolute atomic E-state index is 0.134. The first-order chi connectivity index (χ1) is 12.5. The van der Waals surface area contributed by atoms with Crippen molar-refractivity contribution in [2.24, 2.45) is 15.4 Å². The topological polar surface area (TPSA) is 102 Å². The summed E-state index contributed by atoms with van der Waals surface area (Å²) in [6, 6.07) is 1.32. The van der Waals surface area contributed by atoms with Gasteiger partial charge in [0.1, 0.15) is 5.71 Å². The smallest absolute Gasteiger partial charge is 0.319 e. The van der Waals surface area contributed by atoms with Crippen LogP contribution in [0.4, 0.5) is 18.9 Å². The van der Waals surface area contributed by atoms with E-state index < -0.39 is 23.7 Å². The molecule has 0 aromatic heterocycles. The molecule has 0 fully saturated rings. The predicted molar refractivity (Wildman–Crippen MR) is 93.0 cm³/mol. The van der Waals surface area contributed by atoms with Crippen LogP contribution in [-0.2, 0) is 25.4 Å². The molecule has 8 nitrogen and oxygen atoms in total. The van der Waals surface area contributed by atoms with Crippen LogP contribution in [0, 0.1) is 0 Å². The lowest BCUT2D eigenvalue weighted by molar-refractivity contribution is -0.141. The fourth-order valence-corrected chi connectivity index (χ4v) is 1.94. The Balaban J connectivity index is 3.10. The van der Waals surface area contributed by atoms with Crippen LogP contribution in [0.3, 0.4) is 0 Å². The summed E-state index contributed by atoms with van der Waals surface area (Å²) in [5, 5.41) is 9.59. The molecule has 0 aliphatic rings. The SMILES string of the molecule is CC(=O)O/N=C/C(/C=N/OC(C)=O)=NNc1c(Cl)cc(C(F)(F)F)cc1Cl. The highest BCUT2D eigenvalue weighted by Crippen LogP contribution is 2.38. The van der Waals surface area contributed by atoms with Crippen molar-refractivity contribution in [3.05, 3.63) is 27.7 Å². The zero-order chi connectivity index (χ0) is 20.6. The normalized spacial score (nSPS) is 11.5. The van der Waals surface area contributed by atoms with Crippen LogP contribution >= 0.6 is 23.2 Å². The van der Waals surface area contributed by atoms with Crippen molar-refractivity contribution in [1.29, 1.82) is 0 Å². The molecule has 1 aromatic carbocycles. The average molecular weight is 427 g/mol. The van der Waals surface area contributed by atoms with Gasteiger partial charge in [-0.15, -0.1) is 0 Å². The van der Waals surface area contributed by atoms with E-state index in [0.29, 0.717) is 12.1 Å². The number of anilines is 1. The first-order valence-electron chi connectivity index (χ1n) is 6.82. The Hall–Kier alpha value is -2.66. The van der Waals surface area contributed by atoms with Crippen LogP contribution in [0.15, 0.2) is 27.5 Å². The Morgan fingerprint density at radius 1 is 1.04 bits per heavy atom. The van der Waals surface area contributed by atoms with E-state index in [2.05, 4.69) is 30.5 Å². The van der Waals surface area contributed by atoms with Crippen LogP contribution in [0.25, 0.3) is 0 Å². The van der Waals surface area contributed by atoms with E-state index in [0.717, 1.165) is 26.3 Å². The second-order valence-electron chi connectivity index (χ2n) is 4.60. The van der Waals surface area contributed by atoms with Gasteiger partial charge in [0.15, 0.2) is 0 Å². The van der Waals surface area contributed by atoms with Crippen LogP contribution < -0.4 is 5.43 Å². The van der Waals surface area contributed by atoms with Gasteiger partial charge >= 0.3 is 18.1 Å². The van der Waals surface area contributed by atoms with Crippen LogP contribution in [0.1, 0.15) is 19.4 Å². The second-order valence-corrected chi connectivity index (χ2v) is 5.41. The van der Waals surface area contributed by atoms with Gasteiger partial charge in [-0.2, -0.15) is 18.3 Å². The Kier molecular flexibility index (Phi) is 8.19. The Bertz CT molecular complexity index is 759. The quantitative estimate of drug-likeness (QED) is 0.422. The van der Waals surface area contributed by atoms with Crippen molar-refractivity contribution < 1.29 is 32.4 Å². The molecule has 13 heteroatoms.